The molecule has 0 bridgehead atoms. The molecule has 1 heterocycles. The van der Waals surface area contributed by atoms with Gasteiger partial charge in [-0.3, -0.25) is 0 Å². The van der Waals surface area contributed by atoms with Crippen molar-refractivity contribution in [1.29, 1.82) is 0 Å². The molecule has 10 heavy (non-hydrogen) atoms. The Morgan fingerprint density at radius 3 is 2.60 bits per heavy atom. The SMILES string of the molecule is CC(C)C[C@H]1CCN(C)C1. The van der Waals surface area contributed by atoms with Crippen molar-refractivity contribution in [2.75, 3.05) is 20.1 Å². The second-order valence-corrected chi connectivity index (χ2v) is 4.05. The van der Waals surface area contributed by atoms with E-state index < -0.39 is 0 Å². The summed E-state index contributed by atoms with van der Waals surface area (Å²) in [4.78, 5) is 2.44. The van der Waals surface area contributed by atoms with Gasteiger partial charge in [-0.2, -0.15) is 0 Å². The fourth-order valence-corrected chi connectivity index (χ4v) is 1.89. The highest BCUT2D eigenvalue weighted by molar-refractivity contribution is 4.73. The van der Waals surface area contributed by atoms with Crippen LogP contribution in [0.2, 0.25) is 0 Å². The molecule has 0 aromatic rings. The lowest BCUT2D eigenvalue weighted by Crippen LogP contribution is -2.14. The first kappa shape index (κ1) is 8.06. The van der Waals surface area contributed by atoms with E-state index in [2.05, 4.69) is 25.8 Å². The maximum atomic E-state index is 2.44. The molecule has 1 fully saturated rings. The van der Waals surface area contributed by atoms with Gasteiger partial charge in [-0.25, -0.2) is 0 Å². The fourth-order valence-electron chi connectivity index (χ4n) is 1.89. The van der Waals surface area contributed by atoms with Crippen LogP contribution in [0.15, 0.2) is 0 Å². The highest BCUT2D eigenvalue weighted by atomic mass is 15.1. The van der Waals surface area contributed by atoms with Gasteiger partial charge >= 0.3 is 0 Å². The zero-order valence-electron chi connectivity index (χ0n) is 7.43. The zero-order valence-corrected chi connectivity index (χ0v) is 7.43. The zero-order chi connectivity index (χ0) is 7.56. The molecular weight excluding hydrogens is 122 g/mol. The third-order valence-corrected chi connectivity index (χ3v) is 2.29. The molecule has 0 aromatic heterocycles. The third-order valence-electron chi connectivity index (χ3n) is 2.29. The van der Waals surface area contributed by atoms with E-state index in [0.29, 0.717) is 0 Å². The second-order valence-electron chi connectivity index (χ2n) is 4.05. The average molecular weight is 141 g/mol. The molecule has 0 N–H and O–H groups in total. The minimum Gasteiger partial charge on any atom is -0.306 e. The summed E-state index contributed by atoms with van der Waals surface area (Å²) in [5.41, 5.74) is 0. The van der Waals surface area contributed by atoms with Gasteiger partial charge in [-0.15, -0.1) is 0 Å². The predicted molar refractivity (Wildman–Crippen MR) is 45.1 cm³/mol. The molecule has 1 aliphatic rings. The van der Waals surface area contributed by atoms with Crippen molar-refractivity contribution >= 4 is 0 Å². The van der Waals surface area contributed by atoms with Crippen molar-refractivity contribution in [3.8, 4) is 0 Å². The second kappa shape index (κ2) is 3.38. The monoisotopic (exact) mass is 141 g/mol. The number of nitrogens with zero attached hydrogens (tertiary/aromatic N) is 1. The first-order valence-corrected chi connectivity index (χ1v) is 4.37. The molecule has 60 valence electrons. The maximum Gasteiger partial charge on any atom is 0.000718 e. The van der Waals surface area contributed by atoms with E-state index in [1.54, 1.807) is 0 Å². The van der Waals surface area contributed by atoms with Crippen LogP contribution >= 0.6 is 0 Å². The first-order valence-electron chi connectivity index (χ1n) is 4.37. The topological polar surface area (TPSA) is 3.24 Å². The van der Waals surface area contributed by atoms with Gasteiger partial charge in [0.25, 0.3) is 0 Å². The van der Waals surface area contributed by atoms with E-state index in [9.17, 15) is 0 Å². The number of hydrogen-bond donors (Lipinski definition) is 0. The lowest BCUT2D eigenvalue weighted by atomic mass is 9.97. The Morgan fingerprint density at radius 2 is 2.20 bits per heavy atom. The fraction of sp³-hybridized carbons (Fsp3) is 1.00. The summed E-state index contributed by atoms with van der Waals surface area (Å²) in [6.07, 6.45) is 2.85. The number of hydrogen-bond acceptors (Lipinski definition) is 1. The van der Waals surface area contributed by atoms with Gasteiger partial charge in [0.05, 0.1) is 0 Å². The van der Waals surface area contributed by atoms with E-state index in [0.717, 1.165) is 11.8 Å². The molecule has 1 rings (SSSR count). The van der Waals surface area contributed by atoms with Crippen molar-refractivity contribution < 1.29 is 0 Å². The van der Waals surface area contributed by atoms with Gasteiger partial charge < -0.3 is 4.90 Å². The summed E-state index contributed by atoms with van der Waals surface area (Å²) < 4.78 is 0. The van der Waals surface area contributed by atoms with E-state index in [1.165, 1.54) is 25.9 Å². The summed E-state index contributed by atoms with van der Waals surface area (Å²) in [5.74, 6) is 1.88. The minimum absolute atomic E-state index is 0.886. The minimum atomic E-state index is 0.886. The van der Waals surface area contributed by atoms with E-state index >= 15 is 0 Å². The maximum absolute atomic E-state index is 2.44. The van der Waals surface area contributed by atoms with Crippen LogP contribution in [-0.2, 0) is 0 Å². The van der Waals surface area contributed by atoms with Crippen LogP contribution < -0.4 is 0 Å². The smallest absolute Gasteiger partial charge is 0.000718 e. The van der Waals surface area contributed by atoms with Crippen LogP contribution in [0.3, 0.4) is 0 Å². The van der Waals surface area contributed by atoms with Gasteiger partial charge in [0.15, 0.2) is 0 Å². The Labute approximate surface area is 64.4 Å². The van der Waals surface area contributed by atoms with Crippen molar-refractivity contribution in [3.63, 3.8) is 0 Å². The summed E-state index contributed by atoms with van der Waals surface area (Å²) in [5, 5.41) is 0. The summed E-state index contributed by atoms with van der Waals surface area (Å²) in [6.45, 7) is 7.28. The van der Waals surface area contributed by atoms with Crippen LogP contribution in [0, 0.1) is 11.8 Å². The summed E-state index contributed by atoms with van der Waals surface area (Å²) in [7, 11) is 2.22. The molecule has 1 atom stereocenters. The van der Waals surface area contributed by atoms with Crippen LogP contribution in [0.5, 0.6) is 0 Å². The molecule has 1 saturated heterocycles. The molecule has 1 aliphatic heterocycles. The number of rotatable bonds is 2. The standard InChI is InChI=1S/C9H19N/c1-8(2)6-9-4-5-10(3)7-9/h8-9H,4-7H2,1-3H3/t9-/m1/s1. The van der Waals surface area contributed by atoms with Crippen LogP contribution in [0.4, 0.5) is 0 Å². The van der Waals surface area contributed by atoms with Crippen molar-refractivity contribution in [2.24, 2.45) is 11.8 Å². The van der Waals surface area contributed by atoms with Crippen molar-refractivity contribution in [1.82, 2.24) is 4.90 Å². The normalized spacial score (nSPS) is 28.2. The van der Waals surface area contributed by atoms with E-state index in [1.807, 2.05) is 0 Å². The molecule has 0 aliphatic carbocycles. The largest absolute Gasteiger partial charge is 0.306 e. The highest BCUT2D eigenvalue weighted by Crippen LogP contribution is 2.21. The quantitative estimate of drug-likeness (QED) is 0.568. The Bertz CT molecular complexity index is 98.9. The van der Waals surface area contributed by atoms with Gasteiger partial charge in [0.2, 0.25) is 0 Å². The summed E-state index contributed by atoms with van der Waals surface area (Å²) >= 11 is 0. The Kier molecular flexibility index (Phi) is 2.72. The Balaban J connectivity index is 2.18. The van der Waals surface area contributed by atoms with Gasteiger partial charge in [-0.1, -0.05) is 13.8 Å². The van der Waals surface area contributed by atoms with Crippen molar-refractivity contribution in [3.05, 3.63) is 0 Å². The molecular formula is C9H19N. The van der Waals surface area contributed by atoms with E-state index in [4.69, 9.17) is 0 Å². The van der Waals surface area contributed by atoms with E-state index in [-0.39, 0.29) is 0 Å². The molecule has 0 spiro atoms. The first-order chi connectivity index (χ1) is 4.68. The van der Waals surface area contributed by atoms with Crippen LogP contribution in [0.25, 0.3) is 0 Å². The molecule has 0 amide bonds. The molecule has 0 unspecified atom stereocenters. The molecule has 0 saturated carbocycles. The Hall–Kier alpha value is -0.0400. The van der Waals surface area contributed by atoms with Gasteiger partial charge in [0, 0.05) is 6.54 Å². The molecule has 1 nitrogen and oxygen atoms in total. The molecule has 0 aromatic carbocycles. The molecule has 1 heteroatoms. The van der Waals surface area contributed by atoms with Crippen LogP contribution in [0.1, 0.15) is 26.7 Å². The highest BCUT2D eigenvalue weighted by Gasteiger charge is 2.19. The van der Waals surface area contributed by atoms with Crippen molar-refractivity contribution in [2.45, 2.75) is 26.7 Å². The predicted octanol–water partition coefficient (Wildman–Crippen LogP) is 1.98. The Morgan fingerprint density at radius 1 is 1.50 bits per heavy atom. The van der Waals surface area contributed by atoms with Gasteiger partial charge in [-0.05, 0) is 38.3 Å². The lowest BCUT2D eigenvalue weighted by Gasteiger charge is -2.11. The van der Waals surface area contributed by atoms with Crippen LogP contribution in [-0.4, -0.2) is 25.0 Å². The average Bonchev–Trinajstić information content (AvgIpc) is 2.13. The summed E-state index contributed by atoms with van der Waals surface area (Å²) in [6, 6.07) is 0. The lowest BCUT2D eigenvalue weighted by molar-refractivity contribution is 0.367. The molecule has 0 radical (unpaired) electrons. The van der Waals surface area contributed by atoms with Gasteiger partial charge in [0.1, 0.15) is 0 Å². The third kappa shape index (κ3) is 2.30. The number of likely N-dealkylation sites (tertiary alicyclic amines) is 1.